The van der Waals surface area contributed by atoms with Crippen LogP contribution in [0.15, 0.2) is 29.2 Å². The minimum Gasteiger partial charge on any atom is -0.298 e. The molecule has 22 heavy (non-hydrogen) atoms. The van der Waals surface area contributed by atoms with Crippen LogP contribution in [-0.2, 0) is 15.4 Å². The number of hydrogen-bond acceptors (Lipinski definition) is 3. The summed E-state index contributed by atoms with van der Waals surface area (Å²) in [6.45, 7) is 7.64. The van der Waals surface area contributed by atoms with Crippen LogP contribution in [0.2, 0.25) is 0 Å². The van der Waals surface area contributed by atoms with Crippen molar-refractivity contribution in [3.8, 4) is 0 Å². The van der Waals surface area contributed by atoms with E-state index in [9.17, 15) is 8.42 Å². The van der Waals surface area contributed by atoms with Crippen LogP contribution >= 0.6 is 0 Å². The molecular weight excluding hydrogens is 296 g/mol. The number of fused-ring (bicyclic) bond motifs is 2. The van der Waals surface area contributed by atoms with Crippen molar-refractivity contribution < 1.29 is 8.42 Å². The molecule has 2 aliphatic rings. The van der Waals surface area contributed by atoms with E-state index in [1.165, 1.54) is 0 Å². The van der Waals surface area contributed by atoms with Gasteiger partial charge in [-0.1, -0.05) is 32.9 Å². The van der Waals surface area contributed by atoms with Crippen molar-refractivity contribution >= 4 is 10.0 Å². The Bertz CT molecular complexity index is 632. The van der Waals surface area contributed by atoms with Gasteiger partial charge in [0.05, 0.1) is 4.90 Å². The van der Waals surface area contributed by atoms with Gasteiger partial charge in [0, 0.05) is 25.2 Å². The van der Waals surface area contributed by atoms with Crippen molar-refractivity contribution in [3.63, 3.8) is 0 Å². The minimum absolute atomic E-state index is 0.0369. The predicted molar refractivity (Wildman–Crippen MR) is 88.5 cm³/mol. The molecule has 2 fully saturated rings. The van der Waals surface area contributed by atoms with Crippen molar-refractivity contribution in [2.75, 3.05) is 20.1 Å². The van der Waals surface area contributed by atoms with Crippen molar-refractivity contribution in [1.29, 1.82) is 0 Å². The zero-order valence-electron chi connectivity index (χ0n) is 13.9. The smallest absolute Gasteiger partial charge is 0.243 e. The Balaban J connectivity index is 1.84. The zero-order chi connectivity index (χ0) is 16.1. The largest absolute Gasteiger partial charge is 0.298 e. The summed E-state index contributed by atoms with van der Waals surface area (Å²) in [6, 6.07) is 8.16. The molecule has 2 unspecified atom stereocenters. The van der Waals surface area contributed by atoms with E-state index in [4.69, 9.17) is 0 Å². The van der Waals surface area contributed by atoms with Gasteiger partial charge in [0.15, 0.2) is 0 Å². The van der Waals surface area contributed by atoms with E-state index in [-0.39, 0.29) is 5.41 Å². The maximum Gasteiger partial charge on any atom is 0.243 e. The molecule has 0 amide bonds. The molecule has 2 atom stereocenters. The minimum atomic E-state index is -3.37. The highest BCUT2D eigenvalue weighted by Crippen LogP contribution is 2.32. The standard InChI is InChI=1S/C17H26N2O2S/c1-17(2,3)13-5-9-16(10-6-13)22(20,21)19-11-14-7-8-15(12-19)18(14)4/h5-6,9-10,14-15H,7-8,11-12H2,1-4H3. The molecule has 2 saturated heterocycles. The molecule has 0 radical (unpaired) electrons. The van der Waals surface area contributed by atoms with Crippen LogP contribution in [0.4, 0.5) is 0 Å². The molecule has 5 heteroatoms. The summed E-state index contributed by atoms with van der Waals surface area (Å²) >= 11 is 0. The van der Waals surface area contributed by atoms with Crippen LogP contribution in [0.25, 0.3) is 0 Å². The fraction of sp³-hybridized carbons (Fsp3) is 0.647. The van der Waals surface area contributed by atoms with Crippen LogP contribution in [0.5, 0.6) is 0 Å². The lowest BCUT2D eigenvalue weighted by Crippen LogP contribution is -2.53. The van der Waals surface area contributed by atoms with E-state index in [2.05, 4.69) is 32.7 Å². The van der Waals surface area contributed by atoms with Gasteiger partial charge in [-0.2, -0.15) is 4.31 Å². The molecule has 3 rings (SSSR count). The molecule has 0 spiro atoms. The van der Waals surface area contributed by atoms with E-state index >= 15 is 0 Å². The Morgan fingerprint density at radius 2 is 1.50 bits per heavy atom. The fourth-order valence-electron chi connectivity index (χ4n) is 3.55. The predicted octanol–water partition coefficient (Wildman–Crippen LogP) is 2.45. The number of likely N-dealkylation sites (N-methyl/N-ethyl adjacent to an activating group) is 1. The molecule has 4 nitrogen and oxygen atoms in total. The number of sulfonamides is 1. The third-order valence-corrected chi connectivity index (χ3v) is 7.02. The molecule has 0 aromatic heterocycles. The Labute approximate surface area is 134 Å². The highest BCUT2D eigenvalue weighted by molar-refractivity contribution is 7.89. The first-order valence-corrected chi connectivity index (χ1v) is 9.46. The summed E-state index contributed by atoms with van der Waals surface area (Å²) in [4.78, 5) is 2.76. The van der Waals surface area contributed by atoms with Crippen LogP contribution in [0.3, 0.4) is 0 Å². The van der Waals surface area contributed by atoms with Crippen molar-refractivity contribution in [2.45, 2.75) is 56.0 Å². The Kier molecular flexibility index (Phi) is 3.86. The highest BCUT2D eigenvalue weighted by atomic mass is 32.2. The van der Waals surface area contributed by atoms with E-state index in [0.29, 0.717) is 30.1 Å². The van der Waals surface area contributed by atoms with Gasteiger partial charge in [-0.3, -0.25) is 4.90 Å². The van der Waals surface area contributed by atoms with Gasteiger partial charge in [-0.25, -0.2) is 8.42 Å². The van der Waals surface area contributed by atoms with Crippen molar-refractivity contribution in [2.24, 2.45) is 0 Å². The van der Waals surface area contributed by atoms with Gasteiger partial charge in [0.25, 0.3) is 0 Å². The molecule has 1 aromatic rings. The summed E-state index contributed by atoms with van der Waals surface area (Å²) in [7, 11) is -1.25. The van der Waals surface area contributed by atoms with E-state index in [0.717, 1.165) is 18.4 Å². The van der Waals surface area contributed by atoms with Gasteiger partial charge < -0.3 is 0 Å². The zero-order valence-corrected chi connectivity index (χ0v) is 14.7. The molecule has 0 aliphatic carbocycles. The van der Waals surface area contributed by atoms with Crippen molar-refractivity contribution in [1.82, 2.24) is 9.21 Å². The van der Waals surface area contributed by atoms with Gasteiger partial charge in [-0.05, 0) is 43.0 Å². The van der Waals surface area contributed by atoms with Gasteiger partial charge in [0.1, 0.15) is 0 Å². The Morgan fingerprint density at radius 1 is 1.00 bits per heavy atom. The first-order valence-electron chi connectivity index (χ1n) is 8.02. The first kappa shape index (κ1) is 16.0. The monoisotopic (exact) mass is 322 g/mol. The van der Waals surface area contributed by atoms with E-state index in [1.54, 1.807) is 16.4 Å². The molecule has 2 heterocycles. The molecule has 2 bridgehead atoms. The summed E-state index contributed by atoms with van der Waals surface area (Å²) < 4.78 is 27.4. The Hall–Kier alpha value is -0.910. The Morgan fingerprint density at radius 3 is 1.95 bits per heavy atom. The first-order chi connectivity index (χ1) is 10.2. The third-order valence-electron chi connectivity index (χ3n) is 5.17. The number of piperazine rings is 1. The van der Waals surface area contributed by atoms with Gasteiger partial charge >= 0.3 is 0 Å². The average molecular weight is 322 g/mol. The number of nitrogens with zero attached hydrogens (tertiary/aromatic N) is 2. The summed E-state index contributed by atoms with van der Waals surface area (Å²) in [5.74, 6) is 0. The lowest BCUT2D eigenvalue weighted by atomic mass is 9.87. The molecule has 1 aromatic carbocycles. The maximum absolute atomic E-state index is 12.9. The summed E-state index contributed by atoms with van der Waals surface area (Å²) in [6.07, 6.45) is 2.21. The molecule has 122 valence electrons. The average Bonchev–Trinajstić information content (AvgIpc) is 2.67. The second-order valence-corrected chi connectivity index (χ2v) is 9.58. The summed E-state index contributed by atoms with van der Waals surface area (Å²) in [5.41, 5.74) is 1.19. The molecule has 2 aliphatic heterocycles. The van der Waals surface area contributed by atoms with E-state index in [1.807, 2.05) is 12.1 Å². The summed E-state index contributed by atoms with van der Waals surface area (Å²) in [5, 5.41) is 0. The fourth-order valence-corrected chi connectivity index (χ4v) is 5.06. The lowest BCUT2D eigenvalue weighted by molar-refractivity contribution is 0.140. The number of hydrogen-bond donors (Lipinski definition) is 0. The van der Waals surface area contributed by atoms with Crippen LogP contribution in [-0.4, -0.2) is 49.8 Å². The quantitative estimate of drug-likeness (QED) is 0.840. The van der Waals surface area contributed by atoms with Crippen LogP contribution < -0.4 is 0 Å². The number of benzene rings is 1. The van der Waals surface area contributed by atoms with E-state index < -0.39 is 10.0 Å². The van der Waals surface area contributed by atoms with Gasteiger partial charge in [0.2, 0.25) is 10.0 Å². The third kappa shape index (κ3) is 2.70. The van der Waals surface area contributed by atoms with Crippen LogP contribution in [0.1, 0.15) is 39.2 Å². The maximum atomic E-state index is 12.9. The van der Waals surface area contributed by atoms with Crippen molar-refractivity contribution in [3.05, 3.63) is 29.8 Å². The molecule has 0 saturated carbocycles. The number of rotatable bonds is 2. The molecule has 0 N–H and O–H groups in total. The van der Waals surface area contributed by atoms with Crippen LogP contribution in [0, 0.1) is 0 Å². The molecular formula is C17H26N2O2S. The normalized spacial score (nSPS) is 27.3. The second kappa shape index (κ2) is 5.32. The highest BCUT2D eigenvalue weighted by Gasteiger charge is 2.41. The lowest BCUT2D eigenvalue weighted by Gasteiger charge is -2.38. The van der Waals surface area contributed by atoms with Gasteiger partial charge in [-0.15, -0.1) is 0 Å². The SMILES string of the molecule is CN1C2CCC1CN(S(=O)(=O)c1ccc(C(C)(C)C)cc1)C2. The topological polar surface area (TPSA) is 40.6 Å². The second-order valence-electron chi connectivity index (χ2n) is 7.65.